The van der Waals surface area contributed by atoms with Crippen molar-refractivity contribution in [2.45, 2.75) is 10.6 Å². The minimum absolute atomic E-state index is 0.507. The van der Waals surface area contributed by atoms with E-state index < -0.39 is 11.7 Å². The molecule has 1 heterocycles. The van der Waals surface area contributed by atoms with E-state index in [1.165, 1.54) is 17.4 Å². The first-order chi connectivity index (χ1) is 8.00. The highest BCUT2D eigenvalue weighted by atomic mass is 127. The van der Waals surface area contributed by atoms with Crippen LogP contribution in [-0.4, -0.2) is 4.98 Å². The Bertz CT molecular complexity index is 521. The van der Waals surface area contributed by atoms with Gasteiger partial charge in [-0.15, -0.1) is 11.3 Å². The number of hydrogen-bond donors (Lipinski definition) is 0. The Hall–Kier alpha value is -0.630. The molecule has 0 radical (unpaired) electrons. The van der Waals surface area contributed by atoms with Crippen LogP contribution >= 0.6 is 33.9 Å². The molecular formula is C11H7F3INS. The zero-order valence-corrected chi connectivity index (χ0v) is 11.4. The van der Waals surface area contributed by atoms with Crippen LogP contribution in [0.1, 0.15) is 10.6 Å². The minimum Gasteiger partial charge on any atom is -0.240 e. The average Bonchev–Trinajstić information content (AvgIpc) is 2.76. The summed E-state index contributed by atoms with van der Waals surface area (Å²) in [6.07, 6.45) is -4.31. The lowest BCUT2D eigenvalue weighted by atomic mass is 10.1. The third kappa shape index (κ3) is 2.98. The topological polar surface area (TPSA) is 12.9 Å². The van der Waals surface area contributed by atoms with Gasteiger partial charge in [-0.3, -0.25) is 0 Å². The van der Waals surface area contributed by atoms with Crippen molar-refractivity contribution >= 4 is 33.9 Å². The van der Waals surface area contributed by atoms with Gasteiger partial charge in [-0.05, 0) is 12.1 Å². The standard InChI is InChI=1S/C11H7F3INS/c12-11(13,14)8-3-1-2-7(4-8)9-6-17-10(5-15)16-9/h1-4,6H,5H2. The maximum absolute atomic E-state index is 12.5. The zero-order chi connectivity index (χ0) is 12.5. The Morgan fingerprint density at radius 3 is 2.65 bits per heavy atom. The van der Waals surface area contributed by atoms with Crippen LogP contribution in [0.15, 0.2) is 29.6 Å². The van der Waals surface area contributed by atoms with Crippen LogP contribution < -0.4 is 0 Å². The van der Waals surface area contributed by atoms with E-state index in [-0.39, 0.29) is 0 Å². The van der Waals surface area contributed by atoms with Crippen LogP contribution in [0.5, 0.6) is 0 Å². The van der Waals surface area contributed by atoms with Crippen LogP contribution in [0.25, 0.3) is 11.3 Å². The Balaban J connectivity index is 2.39. The third-order valence-electron chi connectivity index (χ3n) is 2.15. The second kappa shape index (κ2) is 4.93. The monoisotopic (exact) mass is 369 g/mol. The molecule has 0 aliphatic rings. The summed E-state index contributed by atoms with van der Waals surface area (Å²) < 4.78 is 38.4. The molecule has 0 saturated heterocycles. The lowest BCUT2D eigenvalue weighted by Crippen LogP contribution is -2.04. The van der Waals surface area contributed by atoms with Crippen molar-refractivity contribution in [3.63, 3.8) is 0 Å². The Morgan fingerprint density at radius 1 is 1.29 bits per heavy atom. The summed E-state index contributed by atoms with van der Waals surface area (Å²) in [6.45, 7) is 0. The first-order valence-corrected chi connectivity index (χ1v) is 7.09. The number of halogens is 4. The van der Waals surface area contributed by atoms with Gasteiger partial charge in [0.2, 0.25) is 0 Å². The zero-order valence-electron chi connectivity index (χ0n) is 8.46. The fraction of sp³-hybridized carbons (Fsp3) is 0.182. The number of benzene rings is 1. The average molecular weight is 369 g/mol. The Kier molecular flexibility index (Phi) is 3.72. The second-order valence-corrected chi connectivity index (χ2v) is 5.04. The van der Waals surface area contributed by atoms with Gasteiger partial charge >= 0.3 is 6.18 Å². The van der Waals surface area contributed by atoms with Crippen LogP contribution in [0.2, 0.25) is 0 Å². The molecule has 0 fully saturated rings. The number of hydrogen-bond acceptors (Lipinski definition) is 2. The quantitative estimate of drug-likeness (QED) is 0.549. The summed E-state index contributed by atoms with van der Waals surface area (Å²) in [5.41, 5.74) is 0.471. The summed E-state index contributed by atoms with van der Waals surface area (Å²) >= 11 is 3.63. The van der Waals surface area contributed by atoms with Crippen LogP contribution in [-0.2, 0) is 10.6 Å². The molecular weight excluding hydrogens is 362 g/mol. The maximum atomic E-state index is 12.5. The number of alkyl halides is 4. The Morgan fingerprint density at radius 2 is 2.06 bits per heavy atom. The summed E-state index contributed by atoms with van der Waals surface area (Å²) in [4.78, 5) is 4.27. The summed E-state index contributed by atoms with van der Waals surface area (Å²) in [5, 5.41) is 2.70. The van der Waals surface area contributed by atoms with Gasteiger partial charge in [0.15, 0.2) is 0 Å². The van der Waals surface area contributed by atoms with E-state index in [2.05, 4.69) is 27.6 Å². The van der Waals surface area contributed by atoms with Crippen molar-refractivity contribution < 1.29 is 13.2 Å². The molecule has 0 bridgehead atoms. The van der Waals surface area contributed by atoms with Crippen molar-refractivity contribution in [1.29, 1.82) is 0 Å². The predicted octanol–water partition coefficient (Wildman–Crippen LogP) is 4.76. The number of nitrogens with zero attached hydrogens (tertiary/aromatic N) is 1. The second-order valence-electron chi connectivity index (χ2n) is 3.34. The largest absolute Gasteiger partial charge is 0.416 e. The molecule has 0 unspecified atom stereocenters. The predicted molar refractivity (Wildman–Crippen MR) is 70.3 cm³/mol. The highest BCUT2D eigenvalue weighted by molar-refractivity contribution is 14.1. The van der Waals surface area contributed by atoms with Crippen molar-refractivity contribution in [1.82, 2.24) is 4.98 Å². The molecule has 1 aromatic heterocycles. The van der Waals surface area contributed by atoms with E-state index >= 15 is 0 Å². The molecule has 0 aliphatic carbocycles. The third-order valence-corrected chi connectivity index (χ3v) is 4.24. The molecule has 1 nitrogen and oxygen atoms in total. The van der Waals surface area contributed by atoms with Gasteiger partial charge in [0.1, 0.15) is 5.01 Å². The molecule has 17 heavy (non-hydrogen) atoms. The first kappa shape index (κ1) is 12.8. The highest BCUT2D eigenvalue weighted by Gasteiger charge is 2.30. The fourth-order valence-electron chi connectivity index (χ4n) is 1.36. The summed E-state index contributed by atoms with van der Waals surface area (Å²) in [6, 6.07) is 5.24. The molecule has 1 aromatic carbocycles. The van der Waals surface area contributed by atoms with Crippen molar-refractivity contribution in [3.05, 3.63) is 40.2 Å². The lowest BCUT2D eigenvalue weighted by molar-refractivity contribution is -0.137. The molecule has 6 heteroatoms. The summed E-state index contributed by atoms with van der Waals surface area (Å²) in [5.74, 6) is 0. The van der Waals surface area contributed by atoms with E-state index in [0.29, 0.717) is 11.3 Å². The summed E-state index contributed by atoms with van der Waals surface area (Å²) in [7, 11) is 0. The van der Waals surface area contributed by atoms with E-state index in [1.54, 1.807) is 11.4 Å². The molecule has 0 amide bonds. The number of aromatic nitrogens is 1. The molecule has 0 spiro atoms. The van der Waals surface area contributed by atoms with E-state index in [9.17, 15) is 13.2 Å². The number of thiazole rings is 1. The smallest absolute Gasteiger partial charge is 0.240 e. The lowest BCUT2D eigenvalue weighted by Gasteiger charge is -2.07. The van der Waals surface area contributed by atoms with Crippen LogP contribution in [0.4, 0.5) is 13.2 Å². The van der Waals surface area contributed by atoms with Gasteiger partial charge in [0, 0.05) is 10.9 Å². The van der Waals surface area contributed by atoms with E-state index in [4.69, 9.17) is 0 Å². The molecule has 90 valence electrons. The molecule has 2 rings (SSSR count). The first-order valence-electron chi connectivity index (χ1n) is 4.68. The van der Waals surface area contributed by atoms with Crippen molar-refractivity contribution in [3.8, 4) is 11.3 Å². The van der Waals surface area contributed by atoms with Gasteiger partial charge < -0.3 is 0 Å². The van der Waals surface area contributed by atoms with Crippen molar-refractivity contribution in [2.75, 3.05) is 0 Å². The van der Waals surface area contributed by atoms with Gasteiger partial charge in [0.05, 0.1) is 15.7 Å². The molecule has 2 aromatic rings. The van der Waals surface area contributed by atoms with Gasteiger partial charge in [-0.1, -0.05) is 34.7 Å². The molecule has 0 aliphatic heterocycles. The van der Waals surface area contributed by atoms with E-state index in [0.717, 1.165) is 21.6 Å². The molecule has 0 N–H and O–H groups in total. The Labute approximate surface area is 114 Å². The normalized spacial score (nSPS) is 11.8. The molecule has 0 atom stereocenters. The fourth-order valence-corrected chi connectivity index (χ4v) is 2.72. The minimum atomic E-state index is -4.31. The molecule has 0 saturated carbocycles. The van der Waals surface area contributed by atoms with Crippen LogP contribution in [0.3, 0.4) is 0 Å². The van der Waals surface area contributed by atoms with Crippen molar-refractivity contribution in [2.24, 2.45) is 0 Å². The van der Waals surface area contributed by atoms with Crippen LogP contribution in [0, 0.1) is 0 Å². The van der Waals surface area contributed by atoms with Gasteiger partial charge in [-0.25, -0.2) is 4.98 Å². The maximum Gasteiger partial charge on any atom is 0.416 e. The number of rotatable bonds is 2. The van der Waals surface area contributed by atoms with E-state index in [1.807, 2.05) is 0 Å². The van der Waals surface area contributed by atoms with Gasteiger partial charge in [0.25, 0.3) is 0 Å². The SMILES string of the molecule is FC(F)(F)c1cccc(-c2csc(CI)n2)c1. The van der Waals surface area contributed by atoms with Gasteiger partial charge in [-0.2, -0.15) is 13.2 Å². The highest BCUT2D eigenvalue weighted by Crippen LogP contribution is 2.32.